The van der Waals surface area contributed by atoms with Crippen LogP contribution in [0.25, 0.3) is 10.9 Å². The smallest absolute Gasteiger partial charge is 0.308 e. The van der Waals surface area contributed by atoms with Crippen LogP contribution in [0.15, 0.2) is 55.0 Å². The SMILES string of the molecule is COc1ccc2nccc(C(F)CC[C@@H]3CCN(CC#Cc4ccncc4)C[C@@H]3C(=O)O)c2c1. The molecule has 2 aromatic heterocycles. The van der Waals surface area contributed by atoms with Crippen molar-refractivity contribution in [1.82, 2.24) is 14.9 Å². The van der Waals surface area contributed by atoms with Gasteiger partial charge in [0.1, 0.15) is 11.9 Å². The Morgan fingerprint density at radius 3 is 2.85 bits per heavy atom. The Kier molecular flexibility index (Phi) is 7.71. The molecule has 0 saturated carbocycles. The third-order valence-corrected chi connectivity index (χ3v) is 6.48. The molecule has 0 spiro atoms. The maximum Gasteiger partial charge on any atom is 0.308 e. The number of halogens is 1. The summed E-state index contributed by atoms with van der Waals surface area (Å²) in [6.45, 7) is 1.69. The number of likely N-dealkylation sites (tertiary alicyclic amines) is 1. The van der Waals surface area contributed by atoms with Gasteiger partial charge >= 0.3 is 5.97 Å². The lowest BCUT2D eigenvalue weighted by atomic mass is 9.81. The van der Waals surface area contributed by atoms with E-state index in [2.05, 4.69) is 26.7 Å². The predicted molar refractivity (Wildman–Crippen MR) is 128 cm³/mol. The fraction of sp³-hybridized carbons (Fsp3) is 0.370. The lowest BCUT2D eigenvalue weighted by Crippen LogP contribution is -2.44. The Morgan fingerprint density at radius 1 is 1.26 bits per heavy atom. The van der Waals surface area contributed by atoms with Gasteiger partial charge in [0, 0.05) is 36.1 Å². The first-order valence-corrected chi connectivity index (χ1v) is 11.5. The molecule has 1 unspecified atom stereocenters. The molecule has 0 aliphatic carbocycles. The van der Waals surface area contributed by atoms with E-state index in [-0.39, 0.29) is 12.3 Å². The summed E-state index contributed by atoms with van der Waals surface area (Å²) in [5, 5.41) is 10.6. The number of methoxy groups -OCH3 is 1. The number of rotatable bonds is 7. The molecule has 1 aliphatic rings. The van der Waals surface area contributed by atoms with Crippen molar-refractivity contribution >= 4 is 16.9 Å². The molecule has 34 heavy (non-hydrogen) atoms. The molecule has 1 fully saturated rings. The number of carboxylic acids is 1. The number of alkyl halides is 1. The molecule has 1 N–H and O–H groups in total. The molecule has 3 aromatic rings. The van der Waals surface area contributed by atoms with E-state index in [0.29, 0.717) is 42.8 Å². The Balaban J connectivity index is 1.38. The second-order valence-electron chi connectivity index (χ2n) is 8.59. The standard InChI is InChI=1S/C27H28FN3O3/c1-34-21-5-7-26-23(17-21)22(10-14-30-26)25(28)6-4-20-11-16-31(18-24(20)27(32)33)15-2-3-19-8-12-29-13-9-19/h5,7-10,12-14,17,20,24-25H,4,6,11,15-16,18H2,1H3,(H,32,33)/t20-,24+,25?/m1/s1. The Labute approximate surface area is 198 Å². The molecule has 3 heterocycles. The van der Waals surface area contributed by atoms with Gasteiger partial charge in [0.25, 0.3) is 0 Å². The number of ether oxygens (including phenoxy) is 1. The number of aromatic nitrogens is 2. The van der Waals surface area contributed by atoms with E-state index in [1.807, 2.05) is 18.2 Å². The van der Waals surface area contributed by atoms with Gasteiger partial charge in [0.05, 0.1) is 25.1 Å². The number of fused-ring (bicyclic) bond motifs is 1. The average Bonchev–Trinajstić information content (AvgIpc) is 2.87. The minimum atomic E-state index is -1.20. The lowest BCUT2D eigenvalue weighted by Gasteiger charge is -2.35. The van der Waals surface area contributed by atoms with E-state index in [1.54, 1.807) is 43.9 Å². The number of pyridine rings is 2. The van der Waals surface area contributed by atoms with Gasteiger partial charge in [-0.3, -0.25) is 19.7 Å². The summed E-state index contributed by atoms with van der Waals surface area (Å²) in [7, 11) is 1.58. The van der Waals surface area contributed by atoms with Crippen LogP contribution in [0.5, 0.6) is 5.75 Å². The Morgan fingerprint density at radius 2 is 2.09 bits per heavy atom. The van der Waals surface area contributed by atoms with Crippen LogP contribution >= 0.6 is 0 Å². The van der Waals surface area contributed by atoms with Crippen molar-refractivity contribution in [2.24, 2.45) is 11.8 Å². The van der Waals surface area contributed by atoms with Crippen molar-refractivity contribution < 1.29 is 19.0 Å². The monoisotopic (exact) mass is 461 g/mol. The average molecular weight is 462 g/mol. The molecule has 3 atom stereocenters. The van der Waals surface area contributed by atoms with Crippen molar-refractivity contribution in [2.75, 3.05) is 26.7 Å². The summed E-state index contributed by atoms with van der Waals surface area (Å²) in [5.41, 5.74) is 2.17. The molecular formula is C27H28FN3O3. The fourth-order valence-electron chi connectivity index (χ4n) is 4.59. The van der Waals surface area contributed by atoms with Crippen LogP contribution in [-0.4, -0.2) is 52.7 Å². The number of piperidine rings is 1. The van der Waals surface area contributed by atoms with Gasteiger partial charge in [-0.1, -0.05) is 11.8 Å². The van der Waals surface area contributed by atoms with Gasteiger partial charge in [-0.15, -0.1) is 0 Å². The Hall–Kier alpha value is -3.50. The first kappa shape index (κ1) is 23.7. The number of hydrogen-bond donors (Lipinski definition) is 1. The maximum absolute atomic E-state index is 15.3. The molecule has 6 nitrogen and oxygen atoms in total. The van der Waals surface area contributed by atoms with Crippen LogP contribution in [0, 0.1) is 23.7 Å². The van der Waals surface area contributed by atoms with Crippen LogP contribution in [0.4, 0.5) is 4.39 Å². The van der Waals surface area contributed by atoms with E-state index in [4.69, 9.17) is 4.74 Å². The summed E-state index contributed by atoms with van der Waals surface area (Å²) in [5.74, 6) is 5.44. The van der Waals surface area contributed by atoms with Crippen LogP contribution in [0.1, 0.15) is 36.6 Å². The first-order valence-electron chi connectivity index (χ1n) is 11.5. The molecule has 0 radical (unpaired) electrons. The number of hydrogen-bond acceptors (Lipinski definition) is 5. The van der Waals surface area contributed by atoms with Gasteiger partial charge in [0.15, 0.2) is 0 Å². The number of carboxylic acid groups (broad SMARTS) is 1. The quantitative estimate of drug-likeness (QED) is 0.522. The van der Waals surface area contributed by atoms with Gasteiger partial charge in [-0.05, 0) is 73.7 Å². The largest absolute Gasteiger partial charge is 0.497 e. The lowest BCUT2D eigenvalue weighted by molar-refractivity contribution is -0.146. The molecule has 176 valence electrons. The zero-order chi connectivity index (χ0) is 23.9. The van der Waals surface area contributed by atoms with Crippen LogP contribution < -0.4 is 4.74 Å². The summed E-state index contributed by atoms with van der Waals surface area (Å²) in [6, 6.07) is 10.8. The van der Waals surface area contributed by atoms with Crippen LogP contribution in [0.2, 0.25) is 0 Å². The molecule has 7 heteroatoms. The van der Waals surface area contributed by atoms with E-state index < -0.39 is 18.1 Å². The number of aliphatic carboxylic acids is 1. The van der Waals surface area contributed by atoms with Gasteiger partial charge in [-0.2, -0.15) is 0 Å². The van der Waals surface area contributed by atoms with Crippen molar-refractivity contribution in [3.63, 3.8) is 0 Å². The maximum atomic E-state index is 15.3. The first-order chi connectivity index (χ1) is 16.5. The Bertz CT molecular complexity index is 1190. The van der Waals surface area contributed by atoms with Crippen molar-refractivity contribution in [3.8, 4) is 17.6 Å². The zero-order valence-corrected chi connectivity index (χ0v) is 19.2. The highest BCUT2D eigenvalue weighted by Crippen LogP contribution is 2.35. The molecule has 0 amide bonds. The normalized spacial score (nSPS) is 19.2. The van der Waals surface area contributed by atoms with E-state index in [9.17, 15) is 9.90 Å². The third-order valence-electron chi connectivity index (χ3n) is 6.48. The molecule has 1 aromatic carbocycles. The van der Waals surface area contributed by atoms with Crippen molar-refractivity contribution in [2.45, 2.75) is 25.4 Å². The molecule has 1 aliphatic heterocycles. The highest BCUT2D eigenvalue weighted by atomic mass is 19.1. The third kappa shape index (κ3) is 5.70. The number of carbonyl (C=O) groups is 1. The fourth-order valence-corrected chi connectivity index (χ4v) is 4.59. The molecule has 4 rings (SSSR count). The predicted octanol–water partition coefficient (Wildman–Crippen LogP) is 4.50. The van der Waals surface area contributed by atoms with Gasteiger partial charge < -0.3 is 9.84 Å². The van der Waals surface area contributed by atoms with Crippen molar-refractivity contribution in [1.29, 1.82) is 0 Å². The van der Waals surface area contributed by atoms with Crippen LogP contribution in [-0.2, 0) is 4.79 Å². The number of benzene rings is 1. The van der Waals surface area contributed by atoms with E-state index >= 15 is 4.39 Å². The molecule has 1 saturated heterocycles. The minimum absolute atomic E-state index is 0.0669. The van der Waals surface area contributed by atoms with E-state index in [1.165, 1.54) is 0 Å². The highest BCUT2D eigenvalue weighted by molar-refractivity contribution is 5.83. The zero-order valence-electron chi connectivity index (χ0n) is 19.2. The van der Waals surface area contributed by atoms with Gasteiger partial charge in [-0.25, -0.2) is 4.39 Å². The minimum Gasteiger partial charge on any atom is -0.497 e. The van der Waals surface area contributed by atoms with E-state index in [0.717, 1.165) is 17.5 Å². The summed E-state index contributed by atoms with van der Waals surface area (Å²) in [4.78, 5) is 22.3. The highest BCUT2D eigenvalue weighted by Gasteiger charge is 2.34. The topological polar surface area (TPSA) is 75.5 Å². The van der Waals surface area contributed by atoms with Crippen LogP contribution in [0.3, 0.4) is 0 Å². The summed E-state index contributed by atoms with van der Waals surface area (Å²) < 4.78 is 20.6. The van der Waals surface area contributed by atoms with Crippen molar-refractivity contribution in [3.05, 3.63) is 66.1 Å². The summed E-state index contributed by atoms with van der Waals surface area (Å²) in [6.07, 6.45) is 5.30. The van der Waals surface area contributed by atoms with Gasteiger partial charge in [0.2, 0.25) is 0 Å². The molecule has 0 bridgehead atoms. The summed E-state index contributed by atoms with van der Waals surface area (Å²) >= 11 is 0. The number of nitrogens with zero attached hydrogens (tertiary/aromatic N) is 3. The second kappa shape index (κ2) is 11.1. The second-order valence-corrected chi connectivity index (χ2v) is 8.59. The molecular weight excluding hydrogens is 433 g/mol.